The first-order chi connectivity index (χ1) is 13.6. The Hall–Kier alpha value is -3.45. The van der Waals surface area contributed by atoms with Crippen molar-refractivity contribution in [3.63, 3.8) is 0 Å². The van der Waals surface area contributed by atoms with Gasteiger partial charge in [-0.05, 0) is 23.8 Å². The van der Waals surface area contributed by atoms with Crippen molar-refractivity contribution >= 4 is 34.3 Å². The third-order valence-corrected chi connectivity index (χ3v) is 4.54. The molecule has 0 unspecified atom stereocenters. The number of para-hydroxylation sites is 1. The standard InChI is InChI=1S/C20H16ClN5O2/c21-16-7-3-1-5-13(16)10-26-11-14(9-23-26)20(27)28-12-18-24-17-8-4-2-6-15(17)19(22)25-18/h1-9,11H,10,12H2,(H2,22,24,25). The lowest BCUT2D eigenvalue weighted by Gasteiger charge is -2.06. The summed E-state index contributed by atoms with van der Waals surface area (Å²) < 4.78 is 6.93. The number of ether oxygens (including phenoxy) is 1. The number of carbonyl (C=O) groups excluding carboxylic acids is 1. The van der Waals surface area contributed by atoms with Crippen LogP contribution in [0.25, 0.3) is 10.9 Å². The molecule has 0 fully saturated rings. The highest BCUT2D eigenvalue weighted by molar-refractivity contribution is 6.31. The molecular weight excluding hydrogens is 378 g/mol. The first kappa shape index (κ1) is 17.9. The van der Waals surface area contributed by atoms with Gasteiger partial charge in [0.25, 0.3) is 0 Å². The summed E-state index contributed by atoms with van der Waals surface area (Å²) in [5.74, 6) is 0.179. The van der Waals surface area contributed by atoms with Gasteiger partial charge in [0.1, 0.15) is 5.82 Å². The predicted molar refractivity (Wildman–Crippen MR) is 106 cm³/mol. The molecule has 2 aromatic carbocycles. The second-order valence-corrected chi connectivity index (χ2v) is 6.54. The van der Waals surface area contributed by atoms with Gasteiger partial charge >= 0.3 is 5.97 Å². The molecule has 0 radical (unpaired) electrons. The van der Waals surface area contributed by atoms with E-state index in [1.54, 1.807) is 10.9 Å². The Balaban J connectivity index is 1.43. The average Bonchev–Trinajstić information content (AvgIpc) is 3.17. The van der Waals surface area contributed by atoms with Crippen molar-refractivity contribution < 1.29 is 9.53 Å². The van der Waals surface area contributed by atoms with Crippen LogP contribution in [-0.4, -0.2) is 25.7 Å². The number of aromatic nitrogens is 4. The Bertz CT molecular complexity index is 1160. The molecule has 0 spiro atoms. The number of nitrogens with two attached hydrogens (primary N) is 1. The summed E-state index contributed by atoms with van der Waals surface area (Å²) in [6.07, 6.45) is 3.07. The zero-order valence-electron chi connectivity index (χ0n) is 14.7. The van der Waals surface area contributed by atoms with Crippen LogP contribution in [0.4, 0.5) is 5.82 Å². The Labute approximate surface area is 165 Å². The van der Waals surface area contributed by atoms with E-state index in [2.05, 4.69) is 15.1 Å². The van der Waals surface area contributed by atoms with Gasteiger partial charge in [-0.3, -0.25) is 4.68 Å². The van der Waals surface area contributed by atoms with E-state index in [-0.39, 0.29) is 6.61 Å². The number of carbonyl (C=O) groups is 1. The van der Waals surface area contributed by atoms with Gasteiger partial charge in [0.05, 0.1) is 23.8 Å². The first-order valence-electron chi connectivity index (χ1n) is 8.54. The van der Waals surface area contributed by atoms with E-state index in [0.717, 1.165) is 10.9 Å². The Morgan fingerprint density at radius 1 is 1.11 bits per heavy atom. The molecule has 4 aromatic rings. The zero-order valence-corrected chi connectivity index (χ0v) is 15.5. The monoisotopic (exact) mass is 393 g/mol. The highest BCUT2D eigenvalue weighted by atomic mass is 35.5. The van der Waals surface area contributed by atoms with E-state index in [0.29, 0.717) is 34.3 Å². The molecule has 2 aromatic heterocycles. The summed E-state index contributed by atoms with van der Waals surface area (Å²) in [5.41, 5.74) is 7.89. The van der Waals surface area contributed by atoms with E-state index in [4.69, 9.17) is 22.1 Å². The largest absolute Gasteiger partial charge is 0.454 e. The first-order valence-corrected chi connectivity index (χ1v) is 8.92. The summed E-state index contributed by atoms with van der Waals surface area (Å²) in [4.78, 5) is 20.9. The summed E-state index contributed by atoms with van der Waals surface area (Å²) in [7, 11) is 0. The maximum Gasteiger partial charge on any atom is 0.341 e. The number of halogens is 1. The molecule has 7 nitrogen and oxygen atoms in total. The van der Waals surface area contributed by atoms with Gasteiger partial charge in [0.2, 0.25) is 0 Å². The minimum absolute atomic E-state index is 0.0798. The second kappa shape index (κ2) is 7.66. The lowest BCUT2D eigenvalue weighted by atomic mass is 10.2. The number of fused-ring (bicyclic) bond motifs is 1. The van der Waals surface area contributed by atoms with Crippen LogP contribution in [0.1, 0.15) is 21.7 Å². The highest BCUT2D eigenvalue weighted by Gasteiger charge is 2.13. The number of benzene rings is 2. The van der Waals surface area contributed by atoms with Crippen LogP contribution in [0.15, 0.2) is 60.9 Å². The van der Waals surface area contributed by atoms with Crippen molar-refractivity contribution in [1.82, 2.24) is 19.7 Å². The summed E-state index contributed by atoms with van der Waals surface area (Å²) in [5, 5.41) is 5.60. The SMILES string of the molecule is Nc1nc(COC(=O)c2cnn(Cc3ccccc3Cl)c2)nc2ccccc12. The number of esters is 1. The van der Waals surface area contributed by atoms with Crippen LogP contribution in [0, 0.1) is 0 Å². The van der Waals surface area contributed by atoms with Gasteiger partial charge < -0.3 is 10.5 Å². The molecule has 2 N–H and O–H groups in total. The number of anilines is 1. The van der Waals surface area contributed by atoms with Gasteiger partial charge in [-0.1, -0.05) is 41.9 Å². The average molecular weight is 394 g/mol. The van der Waals surface area contributed by atoms with Crippen molar-refractivity contribution in [2.45, 2.75) is 13.2 Å². The van der Waals surface area contributed by atoms with Gasteiger partial charge in [-0.25, -0.2) is 14.8 Å². The number of nitrogen functional groups attached to an aromatic ring is 1. The number of hydrogen-bond acceptors (Lipinski definition) is 6. The van der Waals surface area contributed by atoms with E-state index in [1.165, 1.54) is 6.20 Å². The molecule has 0 aliphatic heterocycles. The normalized spacial score (nSPS) is 10.9. The third kappa shape index (κ3) is 3.79. The van der Waals surface area contributed by atoms with Crippen LogP contribution >= 0.6 is 11.6 Å². The maximum atomic E-state index is 12.3. The van der Waals surface area contributed by atoms with E-state index < -0.39 is 5.97 Å². The molecule has 0 amide bonds. The fourth-order valence-corrected chi connectivity index (χ4v) is 2.98. The predicted octanol–water partition coefficient (Wildman–Crippen LogP) is 3.47. The Morgan fingerprint density at radius 3 is 2.75 bits per heavy atom. The molecule has 2 heterocycles. The molecule has 0 aliphatic carbocycles. The van der Waals surface area contributed by atoms with Crippen LogP contribution in [0.3, 0.4) is 0 Å². The highest BCUT2D eigenvalue weighted by Crippen LogP contribution is 2.18. The molecule has 0 bridgehead atoms. The molecule has 28 heavy (non-hydrogen) atoms. The molecule has 0 aliphatic rings. The smallest absolute Gasteiger partial charge is 0.341 e. The molecule has 0 atom stereocenters. The van der Waals surface area contributed by atoms with E-state index in [1.807, 2.05) is 48.5 Å². The fraction of sp³-hybridized carbons (Fsp3) is 0.100. The van der Waals surface area contributed by atoms with Crippen molar-refractivity contribution in [1.29, 1.82) is 0 Å². The maximum absolute atomic E-state index is 12.3. The summed E-state index contributed by atoms with van der Waals surface area (Å²) >= 11 is 6.16. The van der Waals surface area contributed by atoms with E-state index >= 15 is 0 Å². The minimum atomic E-state index is -0.513. The lowest BCUT2D eigenvalue weighted by Crippen LogP contribution is -2.08. The van der Waals surface area contributed by atoms with Crippen molar-refractivity contribution in [2.24, 2.45) is 0 Å². The quantitative estimate of drug-likeness (QED) is 0.521. The Kier molecular flexibility index (Phi) is 4.90. The zero-order chi connectivity index (χ0) is 19.5. The lowest BCUT2D eigenvalue weighted by molar-refractivity contribution is 0.0462. The minimum Gasteiger partial charge on any atom is -0.454 e. The Morgan fingerprint density at radius 2 is 1.89 bits per heavy atom. The molecule has 0 saturated heterocycles. The van der Waals surface area contributed by atoms with E-state index in [9.17, 15) is 4.79 Å². The van der Waals surface area contributed by atoms with Crippen LogP contribution in [0.5, 0.6) is 0 Å². The van der Waals surface area contributed by atoms with Gasteiger partial charge in [0, 0.05) is 16.6 Å². The van der Waals surface area contributed by atoms with Gasteiger partial charge in [-0.15, -0.1) is 0 Å². The van der Waals surface area contributed by atoms with Crippen molar-refractivity contribution in [2.75, 3.05) is 5.73 Å². The van der Waals surface area contributed by atoms with Crippen LogP contribution in [0.2, 0.25) is 5.02 Å². The molecular formula is C20H16ClN5O2. The summed E-state index contributed by atoms with van der Waals surface area (Å²) in [6, 6.07) is 14.9. The molecule has 140 valence electrons. The third-order valence-electron chi connectivity index (χ3n) is 4.17. The van der Waals surface area contributed by atoms with Gasteiger partial charge in [0.15, 0.2) is 12.4 Å². The molecule has 0 saturated carbocycles. The molecule has 4 rings (SSSR count). The van der Waals surface area contributed by atoms with Crippen LogP contribution in [-0.2, 0) is 17.9 Å². The van der Waals surface area contributed by atoms with Crippen molar-refractivity contribution in [3.8, 4) is 0 Å². The molecule has 8 heteroatoms. The number of hydrogen-bond donors (Lipinski definition) is 1. The fourth-order valence-electron chi connectivity index (χ4n) is 2.79. The second-order valence-electron chi connectivity index (χ2n) is 6.14. The topological polar surface area (TPSA) is 95.9 Å². The number of rotatable bonds is 5. The summed E-state index contributed by atoms with van der Waals surface area (Å²) in [6.45, 7) is 0.376. The van der Waals surface area contributed by atoms with Gasteiger partial charge in [-0.2, -0.15) is 5.10 Å². The number of nitrogens with zero attached hydrogens (tertiary/aromatic N) is 4. The van der Waals surface area contributed by atoms with Crippen molar-refractivity contribution in [3.05, 3.63) is 82.9 Å². The van der Waals surface area contributed by atoms with Crippen LogP contribution < -0.4 is 5.73 Å².